The van der Waals surface area contributed by atoms with Crippen LogP contribution in [0, 0.1) is 23.0 Å². The number of nitrogens with one attached hydrogen (secondary N) is 4. The number of aromatic nitrogens is 1. The average Bonchev–Trinajstić information content (AvgIpc) is 3.40. The average molecular weight is 594 g/mol. The Kier molecular flexibility index (Phi) is 7.60. The van der Waals surface area contributed by atoms with Crippen molar-refractivity contribution >= 4 is 65.0 Å². The quantitative estimate of drug-likeness (QED) is 0.187. The second kappa shape index (κ2) is 11.1. The minimum absolute atomic E-state index is 0.0924. The highest BCUT2D eigenvalue weighted by Gasteiger charge is 2.35. The summed E-state index contributed by atoms with van der Waals surface area (Å²) in [5.74, 6) is -2.05. The first-order valence-electron chi connectivity index (χ1n) is 12.1. The van der Waals surface area contributed by atoms with Crippen LogP contribution in [0.25, 0.3) is 10.9 Å². The van der Waals surface area contributed by atoms with E-state index in [2.05, 4.69) is 32.6 Å². The van der Waals surface area contributed by atoms with E-state index in [-0.39, 0.29) is 22.2 Å². The highest BCUT2D eigenvalue weighted by atomic mass is 35.5. The Bertz CT molecular complexity index is 1750. The molecule has 1 aliphatic heterocycles. The van der Waals surface area contributed by atoms with Gasteiger partial charge in [0.2, 0.25) is 0 Å². The van der Waals surface area contributed by atoms with Crippen molar-refractivity contribution in [1.82, 2.24) is 21.0 Å². The van der Waals surface area contributed by atoms with Crippen molar-refractivity contribution in [2.75, 3.05) is 17.2 Å². The number of carboxylic acid groups (broad SMARTS) is 1. The van der Waals surface area contributed by atoms with Crippen LogP contribution >= 0.6 is 23.2 Å². The number of carbonyl (C=O) groups is 1. The van der Waals surface area contributed by atoms with Gasteiger partial charge in [0.05, 0.1) is 37.9 Å². The van der Waals surface area contributed by atoms with Gasteiger partial charge in [-0.05, 0) is 48.0 Å². The van der Waals surface area contributed by atoms with Gasteiger partial charge in [-0.1, -0.05) is 35.3 Å². The van der Waals surface area contributed by atoms with Crippen molar-refractivity contribution in [2.24, 2.45) is 0 Å². The molecular formula is C27H20BCl2F2N7O2. The number of hydrazine groups is 2. The zero-order valence-corrected chi connectivity index (χ0v) is 22.8. The molecule has 206 valence electrons. The van der Waals surface area contributed by atoms with Gasteiger partial charge in [0.1, 0.15) is 32.1 Å². The Hall–Kier alpha value is -4.57. The number of aliphatic carboxylic acids is 1. The van der Waals surface area contributed by atoms with E-state index in [0.717, 1.165) is 0 Å². The molecule has 1 aromatic heterocycles. The number of pyridine rings is 1. The Morgan fingerprint density at radius 3 is 2.54 bits per heavy atom. The molecule has 1 unspecified atom stereocenters. The van der Waals surface area contributed by atoms with E-state index in [1.807, 2.05) is 7.85 Å². The molecule has 2 heterocycles. The number of hydrogen-bond acceptors (Lipinski definition) is 8. The van der Waals surface area contributed by atoms with Gasteiger partial charge in [-0.15, -0.1) is 5.53 Å². The number of anilines is 3. The number of halogens is 4. The third kappa shape index (κ3) is 5.69. The Morgan fingerprint density at radius 1 is 1.12 bits per heavy atom. The van der Waals surface area contributed by atoms with Gasteiger partial charge in [-0.3, -0.25) is 14.8 Å². The van der Waals surface area contributed by atoms with Crippen LogP contribution in [0.5, 0.6) is 0 Å². The van der Waals surface area contributed by atoms with Crippen LogP contribution < -0.4 is 21.6 Å². The van der Waals surface area contributed by atoms with Crippen LogP contribution in [-0.2, 0) is 10.2 Å². The van der Waals surface area contributed by atoms with Crippen molar-refractivity contribution in [3.8, 4) is 6.07 Å². The van der Waals surface area contributed by atoms with E-state index in [4.69, 9.17) is 23.2 Å². The fourth-order valence-electron chi connectivity index (χ4n) is 4.47. The Morgan fingerprint density at radius 2 is 1.85 bits per heavy atom. The van der Waals surface area contributed by atoms with Crippen LogP contribution in [0.2, 0.25) is 10.0 Å². The molecule has 0 aliphatic carbocycles. The lowest BCUT2D eigenvalue weighted by Crippen LogP contribution is -2.46. The molecule has 0 spiro atoms. The summed E-state index contributed by atoms with van der Waals surface area (Å²) in [7, 11) is 1.83. The molecule has 5 rings (SSSR count). The lowest BCUT2D eigenvalue weighted by molar-refractivity contribution is -0.138. The fraction of sp³-hybridized carbons (Fsp3) is 0.0741. The van der Waals surface area contributed by atoms with Gasteiger partial charge in [-0.2, -0.15) is 5.26 Å². The number of nitriles is 1. The monoisotopic (exact) mass is 593 g/mol. The molecule has 0 amide bonds. The molecule has 5 N–H and O–H groups in total. The zero-order valence-electron chi connectivity index (χ0n) is 21.3. The summed E-state index contributed by atoms with van der Waals surface area (Å²) in [6.45, 7) is -0.317. The number of carboxylic acids is 1. The topological polar surface area (TPSA) is 125 Å². The fourth-order valence-corrected chi connectivity index (χ4v) is 4.92. The van der Waals surface area contributed by atoms with Crippen LogP contribution in [0.3, 0.4) is 0 Å². The molecule has 0 fully saturated rings. The van der Waals surface area contributed by atoms with Gasteiger partial charge in [-0.25, -0.2) is 8.78 Å². The summed E-state index contributed by atoms with van der Waals surface area (Å²) in [6.07, 6.45) is 2.97. The van der Waals surface area contributed by atoms with Crippen molar-refractivity contribution in [3.05, 3.63) is 105 Å². The third-order valence-electron chi connectivity index (χ3n) is 6.51. The molecule has 1 aliphatic rings. The number of fused-ring (bicyclic) bond motifs is 1. The van der Waals surface area contributed by atoms with Crippen LogP contribution in [-0.4, -0.2) is 35.5 Å². The van der Waals surface area contributed by atoms with Gasteiger partial charge < -0.3 is 21.2 Å². The summed E-state index contributed by atoms with van der Waals surface area (Å²) in [5, 5.41) is 27.6. The van der Waals surface area contributed by atoms with Crippen LogP contribution in [0.1, 0.15) is 11.1 Å². The molecule has 0 bridgehead atoms. The first-order chi connectivity index (χ1) is 19.6. The smallest absolute Gasteiger partial charge is 0.324 e. The predicted molar refractivity (Wildman–Crippen MR) is 155 cm³/mol. The minimum Gasteiger partial charge on any atom is -0.480 e. The highest BCUT2D eigenvalue weighted by Crippen LogP contribution is 2.38. The molecule has 1 atom stereocenters. The van der Waals surface area contributed by atoms with Gasteiger partial charge in [0, 0.05) is 29.2 Å². The van der Waals surface area contributed by atoms with E-state index >= 15 is 0 Å². The maximum atomic E-state index is 13.8. The largest absolute Gasteiger partial charge is 0.480 e. The standard InChI is InChI=1S/C27H20BCl2F2N7O2/c28-27(15-1-3-16(31)4-2-15,23-12-39(38-37-23)13-24(40)41)36-18-7-19-25(35-17-5-6-22(32)20(29)8-17)14(10-33)11-34-26(19)21(30)9-18/h1-9,11-12,36-38H,13,28H2,(H,34,35)(H,40,41). The lowest BCUT2D eigenvalue weighted by atomic mass is 9.69. The second-order valence-corrected chi connectivity index (χ2v) is 10.1. The first-order valence-corrected chi connectivity index (χ1v) is 12.8. The van der Waals surface area contributed by atoms with Crippen molar-refractivity contribution < 1.29 is 18.7 Å². The molecule has 14 heteroatoms. The second-order valence-electron chi connectivity index (χ2n) is 9.32. The number of benzene rings is 3. The van der Waals surface area contributed by atoms with Crippen molar-refractivity contribution in [1.29, 1.82) is 5.26 Å². The van der Waals surface area contributed by atoms with Crippen molar-refractivity contribution in [2.45, 2.75) is 5.44 Å². The SMILES string of the molecule is BC(Nc1cc(Cl)c2ncc(C#N)c(Nc3ccc(F)c(Cl)c3)c2c1)(C1=CN(CC(=O)O)NN1)c1ccc(F)cc1. The molecule has 3 aromatic carbocycles. The van der Waals surface area contributed by atoms with E-state index in [0.29, 0.717) is 39.2 Å². The maximum absolute atomic E-state index is 13.8. The van der Waals surface area contributed by atoms with E-state index in [1.54, 1.807) is 30.5 Å². The highest BCUT2D eigenvalue weighted by molar-refractivity contribution is 6.36. The van der Waals surface area contributed by atoms with Crippen LogP contribution in [0.15, 0.2) is 72.7 Å². The molecule has 0 radical (unpaired) electrons. The first kappa shape index (κ1) is 28.0. The summed E-state index contributed by atoms with van der Waals surface area (Å²) in [5.41, 5.74) is 7.84. The zero-order chi connectivity index (χ0) is 29.3. The maximum Gasteiger partial charge on any atom is 0.324 e. The lowest BCUT2D eigenvalue weighted by Gasteiger charge is -2.34. The van der Waals surface area contributed by atoms with E-state index in [9.17, 15) is 23.9 Å². The van der Waals surface area contributed by atoms with Crippen molar-refractivity contribution in [3.63, 3.8) is 0 Å². The summed E-state index contributed by atoms with van der Waals surface area (Å²) in [6, 6.07) is 15.4. The summed E-state index contributed by atoms with van der Waals surface area (Å²) >= 11 is 12.6. The third-order valence-corrected chi connectivity index (χ3v) is 7.09. The molecular weight excluding hydrogens is 574 g/mol. The number of hydrogen-bond donors (Lipinski definition) is 5. The molecule has 0 saturated heterocycles. The van der Waals surface area contributed by atoms with Gasteiger partial charge in [0.15, 0.2) is 0 Å². The number of nitrogens with zero attached hydrogens (tertiary/aromatic N) is 3. The van der Waals surface area contributed by atoms with E-state index in [1.165, 1.54) is 41.5 Å². The summed E-state index contributed by atoms with van der Waals surface area (Å²) < 4.78 is 27.6. The Balaban J connectivity index is 1.62. The van der Waals surface area contributed by atoms with Gasteiger partial charge in [0.25, 0.3) is 0 Å². The van der Waals surface area contributed by atoms with Gasteiger partial charge >= 0.3 is 5.97 Å². The molecule has 9 nitrogen and oxygen atoms in total. The molecule has 0 saturated carbocycles. The molecule has 41 heavy (non-hydrogen) atoms. The predicted octanol–water partition coefficient (Wildman–Crippen LogP) is 4.58. The Labute approximate surface area is 243 Å². The normalized spacial score (nSPS) is 14.1. The van der Waals surface area contributed by atoms with E-state index < -0.39 is 23.0 Å². The van der Waals surface area contributed by atoms with Crippen LogP contribution in [0.4, 0.5) is 25.8 Å². The number of rotatable bonds is 8. The minimum atomic E-state index is -1.05. The molecule has 4 aromatic rings. The summed E-state index contributed by atoms with van der Waals surface area (Å²) in [4.78, 5) is 15.6.